The number of phenolic OH excluding ortho intramolecular Hbond substituents is 1. The van der Waals surface area contributed by atoms with Crippen LogP contribution in [0.15, 0.2) is 54.1 Å². The summed E-state index contributed by atoms with van der Waals surface area (Å²) in [5.74, 6) is -0.178. The van der Waals surface area contributed by atoms with Crippen molar-refractivity contribution in [2.24, 2.45) is 0 Å². The summed E-state index contributed by atoms with van der Waals surface area (Å²) in [6.45, 7) is 2.20. The summed E-state index contributed by atoms with van der Waals surface area (Å²) in [5.41, 5.74) is 1.16. The predicted octanol–water partition coefficient (Wildman–Crippen LogP) is 3.34. The molecule has 2 aromatic rings. The molecule has 2 aromatic carbocycles. The van der Waals surface area contributed by atoms with Gasteiger partial charge in [-0.2, -0.15) is 5.26 Å². The second-order valence-electron chi connectivity index (χ2n) is 4.65. The smallest absolute Gasteiger partial charge is 0.266 e. The van der Waals surface area contributed by atoms with Crippen LogP contribution < -0.4 is 10.1 Å². The molecule has 0 saturated carbocycles. The van der Waals surface area contributed by atoms with Gasteiger partial charge in [0, 0.05) is 5.69 Å². The van der Waals surface area contributed by atoms with Crippen molar-refractivity contribution in [3.8, 4) is 17.6 Å². The molecule has 0 atom stereocenters. The Labute approximate surface area is 134 Å². The minimum atomic E-state index is -0.496. The third-order valence-corrected chi connectivity index (χ3v) is 2.99. The first kappa shape index (κ1) is 16.1. The number of ether oxygens (including phenoxy) is 1. The van der Waals surface area contributed by atoms with E-state index in [-0.39, 0.29) is 11.3 Å². The summed E-state index contributed by atoms with van der Waals surface area (Å²) in [5, 5.41) is 21.5. The Morgan fingerprint density at radius 3 is 2.70 bits per heavy atom. The summed E-state index contributed by atoms with van der Waals surface area (Å²) in [4.78, 5) is 12.1. The Bertz CT molecular complexity index is 762. The van der Waals surface area contributed by atoms with E-state index in [1.807, 2.05) is 12.1 Å². The van der Waals surface area contributed by atoms with Crippen molar-refractivity contribution in [3.05, 3.63) is 59.7 Å². The zero-order valence-corrected chi connectivity index (χ0v) is 12.6. The SMILES string of the molecule is CCOc1cc(/C=C(\C#N)C(=O)Nc2ccccc2)ccc1O. The number of para-hydroxylation sites is 1. The number of phenols is 1. The summed E-state index contributed by atoms with van der Waals surface area (Å²) < 4.78 is 5.29. The van der Waals surface area contributed by atoms with E-state index < -0.39 is 5.91 Å². The summed E-state index contributed by atoms with van der Waals surface area (Å²) in [6, 6.07) is 15.4. The quantitative estimate of drug-likeness (QED) is 0.655. The second kappa shape index (κ2) is 7.66. The number of rotatable bonds is 5. The standard InChI is InChI=1S/C18H16N2O3/c1-2-23-17-11-13(8-9-16(17)21)10-14(12-19)18(22)20-15-6-4-3-5-7-15/h3-11,21H,2H2,1H3,(H,20,22)/b14-10+. The van der Waals surface area contributed by atoms with Crippen LogP contribution in [0.1, 0.15) is 12.5 Å². The maximum Gasteiger partial charge on any atom is 0.266 e. The van der Waals surface area contributed by atoms with Crippen LogP contribution in [0.4, 0.5) is 5.69 Å². The molecular weight excluding hydrogens is 292 g/mol. The van der Waals surface area contributed by atoms with Crippen LogP contribution in [0.2, 0.25) is 0 Å². The number of nitriles is 1. The number of amides is 1. The third-order valence-electron chi connectivity index (χ3n) is 2.99. The molecule has 0 saturated heterocycles. The number of nitrogens with zero attached hydrogens (tertiary/aromatic N) is 1. The first-order valence-corrected chi connectivity index (χ1v) is 7.08. The number of benzene rings is 2. The average molecular weight is 308 g/mol. The molecule has 0 aliphatic carbocycles. The maximum atomic E-state index is 12.1. The van der Waals surface area contributed by atoms with Crippen LogP contribution >= 0.6 is 0 Å². The number of carbonyl (C=O) groups is 1. The lowest BCUT2D eigenvalue weighted by Gasteiger charge is -2.07. The van der Waals surface area contributed by atoms with Crippen molar-refractivity contribution in [3.63, 3.8) is 0 Å². The van der Waals surface area contributed by atoms with E-state index in [0.717, 1.165) is 0 Å². The summed E-state index contributed by atoms with van der Waals surface area (Å²) in [7, 11) is 0. The average Bonchev–Trinajstić information content (AvgIpc) is 2.56. The molecular formula is C18H16N2O3. The largest absolute Gasteiger partial charge is 0.504 e. The van der Waals surface area contributed by atoms with E-state index in [0.29, 0.717) is 23.6 Å². The molecule has 0 bridgehead atoms. The number of nitrogens with one attached hydrogen (secondary N) is 1. The first-order valence-electron chi connectivity index (χ1n) is 7.08. The fraction of sp³-hybridized carbons (Fsp3) is 0.111. The maximum absolute atomic E-state index is 12.1. The van der Waals surface area contributed by atoms with Crippen molar-refractivity contribution in [2.45, 2.75) is 6.92 Å². The zero-order valence-electron chi connectivity index (χ0n) is 12.6. The fourth-order valence-corrected chi connectivity index (χ4v) is 1.93. The van der Waals surface area contributed by atoms with E-state index >= 15 is 0 Å². The molecule has 0 aliphatic rings. The van der Waals surface area contributed by atoms with Gasteiger partial charge >= 0.3 is 0 Å². The Balaban J connectivity index is 2.23. The molecule has 5 heteroatoms. The monoisotopic (exact) mass is 308 g/mol. The number of aromatic hydroxyl groups is 1. The van der Waals surface area contributed by atoms with Gasteiger partial charge in [0.15, 0.2) is 11.5 Å². The lowest BCUT2D eigenvalue weighted by atomic mass is 10.1. The highest BCUT2D eigenvalue weighted by molar-refractivity contribution is 6.09. The molecule has 0 aromatic heterocycles. The van der Waals surface area contributed by atoms with Gasteiger partial charge in [-0.1, -0.05) is 24.3 Å². The number of anilines is 1. The lowest BCUT2D eigenvalue weighted by Crippen LogP contribution is -2.13. The molecule has 116 valence electrons. The highest BCUT2D eigenvalue weighted by Crippen LogP contribution is 2.27. The van der Waals surface area contributed by atoms with E-state index in [1.165, 1.54) is 12.1 Å². The van der Waals surface area contributed by atoms with Crippen LogP contribution in [-0.4, -0.2) is 17.6 Å². The number of hydrogen-bond donors (Lipinski definition) is 2. The highest BCUT2D eigenvalue weighted by Gasteiger charge is 2.10. The Kier molecular flexibility index (Phi) is 5.37. The minimum Gasteiger partial charge on any atom is -0.504 e. The van der Waals surface area contributed by atoms with Gasteiger partial charge in [0.05, 0.1) is 6.61 Å². The van der Waals surface area contributed by atoms with Gasteiger partial charge in [0.25, 0.3) is 5.91 Å². The minimum absolute atomic E-state index is 0.0104. The molecule has 1 amide bonds. The third kappa shape index (κ3) is 4.35. The molecule has 0 unspecified atom stereocenters. The van der Waals surface area contributed by atoms with Gasteiger partial charge in [0.1, 0.15) is 11.6 Å². The second-order valence-corrected chi connectivity index (χ2v) is 4.65. The van der Waals surface area contributed by atoms with Crippen LogP contribution in [0.25, 0.3) is 6.08 Å². The molecule has 0 heterocycles. The lowest BCUT2D eigenvalue weighted by molar-refractivity contribution is -0.112. The van der Waals surface area contributed by atoms with E-state index in [2.05, 4.69) is 5.32 Å². The Morgan fingerprint density at radius 1 is 1.30 bits per heavy atom. The van der Waals surface area contributed by atoms with Gasteiger partial charge in [-0.25, -0.2) is 0 Å². The zero-order chi connectivity index (χ0) is 16.7. The van der Waals surface area contributed by atoms with Gasteiger partial charge in [-0.15, -0.1) is 0 Å². The molecule has 0 radical (unpaired) electrons. The van der Waals surface area contributed by atoms with E-state index in [9.17, 15) is 15.2 Å². The van der Waals surface area contributed by atoms with Gasteiger partial charge in [-0.05, 0) is 42.8 Å². The van der Waals surface area contributed by atoms with Gasteiger partial charge in [0.2, 0.25) is 0 Å². The fourth-order valence-electron chi connectivity index (χ4n) is 1.93. The Hall–Kier alpha value is -3.26. The topological polar surface area (TPSA) is 82.3 Å². The van der Waals surface area contributed by atoms with Crippen molar-refractivity contribution < 1.29 is 14.6 Å². The van der Waals surface area contributed by atoms with Crippen molar-refractivity contribution >= 4 is 17.7 Å². The molecule has 0 spiro atoms. The van der Waals surface area contributed by atoms with Crippen LogP contribution in [0.5, 0.6) is 11.5 Å². The van der Waals surface area contributed by atoms with E-state index in [4.69, 9.17) is 4.74 Å². The highest BCUT2D eigenvalue weighted by atomic mass is 16.5. The molecule has 2 N–H and O–H groups in total. The van der Waals surface area contributed by atoms with Gasteiger partial charge < -0.3 is 15.2 Å². The van der Waals surface area contributed by atoms with Crippen molar-refractivity contribution in [2.75, 3.05) is 11.9 Å². The van der Waals surface area contributed by atoms with Crippen LogP contribution in [-0.2, 0) is 4.79 Å². The number of carbonyl (C=O) groups excluding carboxylic acids is 1. The normalized spacial score (nSPS) is 10.7. The molecule has 0 aliphatic heterocycles. The summed E-state index contributed by atoms with van der Waals surface area (Å²) in [6.07, 6.45) is 1.44. The van der Waals surface area contributed by atoms with Crippen molar-refractivity contribution in [1.29, 1.82) is 5.26 Å². The predicted molar refractivity (Wildman–Crippen MR) is 87.9 cm³/mol. The van der Waals surface area contributed by atoms with Crippen LogP contribution in [0, 0.1) is 11.3 Å². The molecule has 0 fully saturated rings. The molecule has 2 rings (SSSR count). The Morgan fingerprint density at radius 2 is 2.04 bits per heavy atom. The van der Waals surface area contributed by atoms with Gasteiger partial charge in [-0.3, -0.25) is 4.79 Å². The van der Waals surface area contributed by atoms with E-state index in [1.54, 1.807) is 43.3 Å². The molecule has 5 nitrogen and oxygen atoms in total. The molecule has 23 heavy (non-hydrogen) atoms. The number of hydrogen-bond acceptors (Lipinski definition) is 4. The van der Waals surface area contributed by atoms with Crippen LogP contribution in [0.3, 0.4) is 0 Å². The summed E-state index contributed by atoms with van der Waals surface area (Å²) >= 11 is 0. The van der Waals surface area contributed by atoms with Crippen molar-refractivity contribution in [1.82, 2.24) is 0 Å². The first-order chi connectivity index (χ1) is 11.1.